The van der Waals surface area contributed by atoms with Gasteiger partial charge in [-0.05, 0) is 36.8 Å². The number of carboxylic acids is 1. The van der Waals surface area contributed by atoms with Crippen LogP contribution in [0.3, 0.4) is 0 Å². The quantitative estimate of drug-likeness (QED) is 0.885. The van der Waals surface area contributed by atoms with E-state index in [0.29, 0.717) is 11.1 Å². The summed E-state index contributed by atoms with van der Waals surface area (Å²) in [6, 6.07) is 9.13. The highest BCUT2D eigenvalue weighted by molar-refractivity contribution is 6.33. The molecule has 0 spiro atoms. The zero-order valence-electron chi connectivity index (χ0n) is 9.58. The van der Waals surface area contributed by atoms with Gasteiger partial charge in [-0.15, -0.1) is 0 Å². The maximum Gasteiger partial charge on any atom is 0.337 e. The second kappa shape index (κ2) is 4.78. The van der Waals surface area contributed by atoms with E-state index >= 15 is 0 Å². The fraction of sp³-hybridized carbons (Fsp3) is 0.0714. The van der Waals surface area contributed by atoms with Crippen molar-refractivity contribution in [2.75, 3.05) is 0 Å². The van der Waals surface area contributed by atoms with E-state index in [9.17, 15) is 9.18 Å². The number of aryl methyl sites for hydroxylation is 1. The van der Waals surface area contributed by atoms with Crippen molar-refractivity contribution >= 4 is 17.6 Å². The summed E-state index contributed by atoms with van der Waals surface area (Å²) in [5.41, 5.74) is 1.74. The number of aromatic carboxylic acids is 1. The zero-order valence-corrected chi connectivity index (χ0v) is 10.3. The maximum absolute atomic E-state index is 13.7. The van der Waals surface area contributed by atoms with Gasteiger partial charge in [0.05, 0.1) is 10.6 Å². The average molecular weight is 265 g/mol. The van der Waals surface area contributed by atoms with Crippen LogP contribution in [0.5, 0.6) is 0 Å². The molecule has 0 aromatic heterocycles. The molecule has 1 N–H and O–H groups in total. The van der Waals surface area contributed by atoms with Crippen LogP contribution >= 0.6 is 11.6 Å². The minimum atomic E-state index is -1.13. The number of rotatable bonds is 2. The molecular weight excluding hydrogens is 255 g/mol. The molecule has 0 heterocycles. The Morgan fingerprint density at radius 2 is 1.94 bits per heavy atom. The molecular formula is C14H10ClFO2. The topological polar surface area (TPSA) is 37.3 Å². The van der Waals surface area contributed by atoms with Crippen molar-refractivity contribution < 1.29 is 14.3 Å². The molecule has 2 aromatic carbocycles. The number of carboxylic acid groups (broad SMARTS) is 1. The van der Waals surface area contributed by atoms with Gasteiger partial charge in [0.25, 0.3) is 0 Å². The molecule has 0 aliphatic heterocycles. The Morgan fingerprint density at radius 1 is 1.22 bits per heavy atom. The zero-order chi connectivity index (χ0) is 13.3. The highest BCUT2D eigenvalue weighted by Gasteiger charge is 2.12. The first-order valence-electron chi connectivity index (χ1n) is 5.28. The molecule has 2 nitrogen and oxygen atoms in total. The van der Waals surface area contributed by atoms with Gasteiger partial charge in [-0.1, -0.05) is 29.3 Å². The van der Waals surface area contributed by atoms with Crippen molar-refractivity contribution in [2.45, 2.75) is 6.92 Å². The van der Waals surface area contributed by atoms with Crippen LogP contribution in [-0.2, 0) is 0 Å². The van der Waals surface area contributed by atoms with E-state index in [0.717, 1.165) is 5.56 Å². The molecule has 2 rings (SSSR count). The van der Waals surface area contributed by atoms with Gasteiger partial charge in [0.2, 0.25) is 0 Å². The Balaban J connectivity index is 2.61. The molecule has 0 aliphatic carbocycles. The first kappa shape index (κ1) is 12.6. The van der Waals surface area contributed by atoms with Gasteiger partial charge in [0.15, 0.2) is 0 Å². The second-order valence-electron chi connectivity index (χ2n) is 3.98. The van der Waals surface area contributed by atoms with E-state index in [-0.39, 0.29) is 16.4 Å². The van der Waals surface area contributed by atoms with Crippen LogP contribution in [0.25, 0.3) is 11.1 Å². The SMILES string of the molecule is Cc1ccc(F)c(-c2ccc(Cl)c(C(=O)O)c2)c1. The molecule has 0 amide bonds. The fourth-order valence-electron chi connectivity index (χ4n) is 1.72. The lowest BCUT2D eigenvalue weighted by Crippen LogP contribution is -1.98. The van der Waals surface area contributed by atoms with Crippen LogP contribution in [0.4, 0.5) is 4.39 Å². The maximum atomic E-state index is 13.7. The summed E-state index contributed by atoms with van der Waals surface area (Å²) >= 11 is 5.78. The molecule has 2 aromatic rings. The molecule has 0 fully saturated rings. The minimum Gasteiger partial charge on any atom is -0.478 e. The van der Waals surface area contributed by atoms with Crippen molar-refractivity contribution in [3.63, 3.8) is 0 Å². The fourth-order valence-corrected chi connectivity index (χ4v) is 1.92. The lowest BCUT2D eigenvalue weighted by atomic mass is 10.0. The van der Waals surface area contributed by atoms with Gasteiger partial charge >= 0.3 is 5.97 Å². The molecule has 0 saturated heterocycles. The number of hydrogen-bond donors (Lipinski definition) is 1. The van der Waals surface area contributed by atoms with Gasteiger partial charge in [-0.2, -0.15) is 0 Å². The van der Waals surface area contributed by atoms with E-state index in [2.05, 4.69) is 0 Å². The predicted molar refractivity (Wildman–Crippen MR) is 68.5 cm³/mol. The summed E-state index contributed by atoms with van der Waals surface area (Å²) in [6.07, 6.45) is 0. The predicted octanol–water partition coefficient (Wildman–Crippen LogP) is 4.15. The number of benzene rings is 2. The number of halogens is 2. The summed E-state index contributed by atoms with van der Waals surface area (Å²) in [7, 11) is 0. The standard InChI is InChI=1S/C14H10ClFO2/c1-8-2-5-13(16)10(6-8)9-3-4-12(15)11(7-9)14(17)18/h2-7H,1H3,(H,17,18). The van der Waals surface area contributed by atoms with Gasteiger partial charge in [-0.3, -0.25) is 0 Å². The van der Waals surface area contributed by atoms with Crippen molar-refractivity contribution in [2.24, 2.45) is 0 Å². The minimum absolute atomic E-state index is 0.0323. The molecule has 18 heavy (non-hydrogen) atoms. The van der Waals surface area contributed by atoms with E-state index in [1.807, 2.05) is 6.92 Å². The van der Waals surface area contributed by atoms with E-state index in [4.69, 9.17) is 16.7 Å². The molecule has 0 atom stereocenters. The normalized spacial score (nSPS) is 10.4. The molecule has 0 unspecified atom stereocenters. The second-order valence-corrected chi connectivity index (χ2v) is 4.39. The Bertz CT molecular complexity index is 623. The van der Waals surface area contributed by atoms with Crippen LogP contribution < -0.4 is 0 Å². The van der Waals surface area contributed by atoms with Crippen LogP contribution in [0.15, 0.2) is 36.4 Å². The first-order valence-corrected chi connectivity index (χ1v) is 5.66. The molecule has 0 radical (unpaired) electrons. The van der Waals surface area contributed by atoms with Crippen LogP contribution in [0.2, 0.25) is 5.02 Å². The van der Waals surface area contributed by atoms with Gasteiger partial charge < -0.3 is 5.11 Å². The third kappa shape index (κ3) is 2.36. The van der Waals surface area contributed by atoms with E-state index < -0.39 is 5.97 Å². The largest absolute Gasteiger partial charge is 0.478 e. The van der Waals surface area contributed by atoms with E-state index in [1.54, 1.807) is 18.2 Å². The van der Waals surface area contributed by atoms with Crippen molar-refractivity contribution in [3.8, 4) is 11.1 Å². The summed E-state index contributed by atoms with van der Waals surface area (Å²) in [5, 5.41) is 9.12. The number of hydrogen-bond acceptors (Lipinski definition) is 1. The number of carbonyl (C=O) groups is 1. The van der Waals surface area contributed by atoms with Crippen LogP contribution in [0, 0.1) is 12.7 Å². The summed E-state index contributed by atoms with van der Waals surface area (Å²) < 4.78 is 13.7. The Morgan fingerprint density at radius 3 is 2.61 bits per heavy atom. The first-order chi connectivity index (χ1) is 8.49. The van der Waals surface area contributed by atoms with Crippen molar-refractivity contribution in [3.05, 3.63) is 58.4 Å². The molecule has 0 bridgehead atoms. The Labute approximate surface area is 109 Å². The summed E-state index contributed by atoms with van der Waals surface area (Å²) in [5.74, 6) is -1.52. The van der Waals surface area contributed by atoms with Crippen LogP contribution in [-0.4, -0.2) is 11.1 Å². The smallest absolute Gasteiger partial charge is 0.337 e. The molecule has 0 aliphatic rings. The highest BCUT2D eigenvalue weighted by atomic mass is 35.5. The lowest BCUT2D eigenvalue weighted by molar-refractivity contribution is 0.0697. The molecule has 92 valence electrons. The molecule has 0 saturated carbocycles. The van der Waals surface area contributed by atoms with Crippen molar-refractivity contribution in [1.29, 1.82) is 0 Å². The van der Waals surface area contributed by atoms with Crippen LogP contribution in [0.1, 0.15) is 15.9 Å². The Kier molecular flexibility index (Phi) is 3.34. The third-order valence-corrected chi connectivity index (χ3v) is 2.96. The average Bonchev–Trinajstić information content (AvgIpc) is 2.33. The highest BCUT2D eigenvalue weighted by Crippen LogP contribution is 2.28. The summed E-state index contributed by atoms with van der Waals surface area (Å²) in [4.78, 5) is 11.0. The summed E-state index contributed by atoms with van der Waals surface area (Å²) in [6.45, 7) is 1.84. The lowest BCUT2D eigenvalue weighted by Gasteiger charge is -2.07. The third-order valence-electron chi connectivity index (χ3n) is 2.63. The molecule has 4 heteroatoms. The van der Waals surface area contributed by atoms with Gasteiger partial charge in [0.1, 0.15) is 5.82 Å². The van der Waals surface area contributed by atoms with Gasteiger partial charge in [-0.25, -0.2) is 9.18 Å². The Hall–Kier alpha value is -1.87. The van der Waals surface area contributed by atoms with E-state index in [1.165, 1.54) is 18.2 Å². The monoisotopic (exact) mass is 264 g/mol. The van der Waals surface area contributed by atoms with Gasteiger partial charge in [0, 0.05) is 5.56 Å². The van der Waals surface area contributed by atoms with Crippen molar-refractivity contribution in [1.82, 2.24) is 0 Å².